The second-order valence-electron chi connectivity index (χ2n) is 6.18. The number of hydrogen-bond acceptors (Lipinski definition) is 4. The number of nitrogens with zero attached hydrogens (tertiary/aromatic N) is 3. The maximum Gasteiger partial charge on any atom is 0.128 e. The van der Waals surface area contributed by atoms with Crippen molar-refractivity contribution >= 4 is 5.82 Å². The third-order valence-corrected chi connectivity index (χ3v) is 4.68. The smallest absolute Gasteiger partial charge is 0.128 e. The van der Waals surface area contributed by atoms with Crippen molar-refractivity contribution in [1.29, 1.82) is 0 Å². The summed E-state index contributed by atoms with van der Waals surface area (Å²) in [5.74, 6) is 1.10. The largest absolute Gasteiger partial charge is 0.354 e. The van der Waals surface area contributed by atoms with Gasteiger partial charge in [-0.3, -0.25) is 4.90 Å². The van der Waals surface area contributed by atoms with Crippen molar-refractivity contribution in [2.75, 3.05) is 31.1 Å². The third-order valence-electron chi connectivity index (χ3n) is 4.68. The molecule has 0 spiro atoms. The van der Waals surface area contributed by atoms with Gasteiger partial charge in [0, 0.05) is 44.5 Å². The van der Waals surface area contributed by atoms with Crippen LogP contribution in [0.25, 0.3) is 0 Å². The van der Waals surface area contributed by atoms with E-state index in [1.165, 1.54) is 12.0 Å². The fraction of sp³-hybridized carbons (Fsp3) is 0.706. The van der Waals surface area contributed by atoms with E-state index < -0.39 is 0 Å². The number of anilines is 1. The molecule has 2 atom stereocenters. The highest BCUT2D eigenvalue weighted by Gasteiger charge is 2.20. The fourth-order valence-corrected chi connectivity index (χ4v) is 2.82. The van der Waals surface area contributed by atoms with Crippen LogP contribution in [0.1, 0.15) is 39.2 Å². The van der Waals surface area contributed by atoms with E-state index in [1.54, 1.807) is 0 Å². The molecule has 0 saturated carbocycles. The van der Waals surface area contributed by atoms with Crippen LogP contribution in [0, 0.1) is 0 Å². The predicted octanol–water partition coefficient (Wildman–Crippen LogP) is 2.28. The van der Waals surface area contributed by atoms with Crippen molar-refractivity contribution < 1.29 is 0 Å². The quantitative estimate of drug-likeness (QED) is 0.873. The van der Waals surface area contributed by atoms with Crippen LogP contribution in [0.2, 0.25) is 0 Å². The van der Waals surface area contributed by atoms with Gasteiger partial charge in [-0.1, -0.05) is 19.9 Å². The lowest BCUT2D eigenvalue weighted by Crippen LogP contribution is -2.49. The Kier molecular flexibility index (Phi) is 6.00. The molecule has 1 aromatic heterocycles. The van der Waals surface area contributed by atoms with E-state index in [2.05, 4.69) is 47.7 Å². The lowest BCUT2D eigenvalue weighted by Gasteiger charge is -2.38. The van der Waals surface area contributed by atoms with Gasteiger partial charge in [0.15, 0.2) is 0 Å². The van der Waals surface area contributed by atoms with Gasteiger partial charge < -0.3 is 10.6 Å². The van der Waals surface area contributed by atoms with Crippen LogP contribution in [-0.4, -0.2) is 48.1 Å². The Bertz CT molecular complexity index is 409. The predicted molar refractivity (Wildman–Crippen MR) is 89.7 cm³/mol. The molecule has 4 heteroatoms. The fourth-order valence-electron chi connectivity index (χ4n) is 2.82. The Morgan fingerprint density at radius 1 is 1.14 bits per heavy atom. The second kappa shape index (κ2) is 7.76. The van der Waals surface area contributed by atoms with E-state index in [1.807, 2.05) is 6.20 Å². The average molecular weight is 290 g/mol. The lowest BCUT2D eigenvalue weighted by atomic mass is 10.1. The third kappa shape index (κ3) is 4.42. The van der Waals surface area contributed by atoms with Crippen molar-refractivity contribution in [2.45, 2.75) is 52.1 Å². The summed E-state index contributed by atoms with van der Waals surface area (Å²) in [6.45, 7) is 11.1. The first-order valence-electron chi connectivity index (χ1n) is 8.33. The summed E-state index contributed by atoms with van der Waals surface area (Å²) in [7, 11) is 0. The average Bonchev–Trinajstić information content (AvgIpc) is 2.55. The summed E-state index contributed by atoms with van der Waals surface area (Å²) in [5, 5.41) is 0. The van der Waals surface area contributed by atoms with Crippen LogP contribution in [0.15, 0.2) is 18.3 Å². The molecule has 2 unspecified atom stereocenters. The Morgan fingerprint density at radius 2 is 1.86 bits per heavy atom. The topological polar surface area (TPSA) is 45.4 Å². The lowest BCUT2D eigenvalue weighted by molar-refractivity contribution is 0.192. The van der Waals surface area contributed by atoms with Gasteiger partial charge in [0.2, 0.25) is 0 Å². The summed E-state index contributed by atoms with van der Waals surface area (Å²) in [6.07, 6.45) is 5.15. The maximum atomic E-state index is 6.00. The molecular formula is C17H30N4. The van der Waals surface area contributed by atoms with Crippen LogP contribution in [0.5, 0.6) is 0 Å². The van der Waals surface area contributed by atoms with Crippen LogP contribution in [-0.2, 0) is 6.42 Å². The van der Waals surface area contributed by atoms with E-state index in [-0.39, 0.29) is 6.04 Å². The van der Waals surface area contributed by atoms with Crippen molar-refractivity contribution in [1.82, 2.24) is 9.88 Å². The summed E-state index contributed by atoms with van der Waals surface area (Å²) < 4.78 is 0. The number of hydrogen-bond donors (Lipinski definition) is 1. The number of pyridine rings is 1. The van der Waals surface area contributed by atoms with Crippen LogP contribution >= 0.6 is 0 Å². The molecule has 2 rings (SSSR count). The highest BCUT2D eigenvalue weighted by molar-refractivity contribution is 5.40. The molecule has 0 amide bonds. The highest BCUT2D eigenvalue weighted by Crippen LogP contribution is 2.16. The molecule has 2 heterocycles. The molecule has 4 nitrogen and oxygen atoms in total. The minimum absolute atomic E-state index is 0.247. The van der Waals surface area contributed by atoms with Gasteiger partial charge in [0.1, 0.15) is 5.82 Å². The molecular weight excluding hydrogens is 260 g/mol. The number of aromatic nitrogens is 1. The normalized spacial score (nSPS) is 19.5. The summed E-state index contributed by atoms with van der Waals surface area (Å²) in [6, 6.07) is 5.27. The molecule has 118 valence electrons. The van der Waals surface area contributed by atoms with E-state index in [9.17, 15) is 0 Å². The molecule has 2 N–H and O–H groups in total. The van der Waals surface area contributed by atoms with Crippen LogP contribution in [0.3, 0.4) is 0 Å². The summed E-state index contributed by atoms with van der Waals surface area (Å²) in [4.78, 5) is 9.60. The van der Waals surface area contributed by atoms with Gasteiger partial charge in [-0.25, -0.2) is 4.98 Å². The number of piperazine rings is 1. The van der Waals surface area contributed by atoms with Crippen LogP contribution in [0.4, 0.5) is 5.82 Å². The zero-order valence-corrected chi connectivity index (χ0v) is 13.8. The molecule has 1 aliphatic rings. The summed E-state index contributed by atoms with van der Waals surface area (Å²) >= 11 is 0. The van der Waals surface area contributed by atoms with Gasteiger partial charge in [-0.05, 0) is 37.8 Å². The molecule has 0 bridgehead atoms. The first kappa shape index (κ1) is 16.2. The molecule has 21 heavy (non-hydrogen) atoms. The monoisotopic (exact) mass is 290 g/mol. The molecule has 1 saturated heterocycles. The number of nitrogens with two attached hydrogens (primary N) is 1. The van der Waals surface area contributed by atoms with E-state index in [0.29, 0.717) is 6.04 Å². The van der Waals surface area contributed by atoms with Crippen molar-refractivity contribution in [3.05, 3.63) is 23.9 Å². The zero-order chi connectivity index (χ0) is 15.2. The van der Waals surface area contributed by atoms with E-state index in [0.717, 1.165) is 44.8 Å². The highest BCUT2D eigenvalue weighted by atomic mass is 15.3. The number of rotatable bonds is 6. The Hall–Kier alpha value is -1.13. The van der Waals surface area contributed by atoms with Crippen LogP contribution < -0.4 is 10.6 Å². The van der Waals surface area contributed by atoms with Crippen molar-refractivity contribution in [2.24, 2.45) is 5.73 Å². The zero-order valence-electron chi connectivity index (χ0n) is 13.8. The van der Waals surface area contributed by atoms with Crippen molar-refractivity contribution in [3.8, 4) is 0 Å². The second-order valence-corrected chi connectivity index (χ2v) is 6.18. The standard InChI is InChI=1S/C17H30N4/c1-4-14(3)20-8-10-21(11-9-20)17-7-6-15(13-19-17)12-16(18)5-2/h6-7,13-14,16H,4-5,8-12,18H2,1-3H3. The van der Waals surface area contributed by atoms with Gasteiger partial charge in [-0.15, -0.1) is 0 Å². The summed E-state index contributed by atoms with van der Waals surface area (Å²) in [5.41, 5.74) is 7.24. The Balaban J connectivity index is 1.89. The minimum Gasteiger partial charge on any atom is -0.354 e. The Morgan fingerprint density at radius 3 is 2.38 bits per heavy atom. The van der Waals surface area contributed by atoms with Crippen molar-refractivity contribution in [3.63, 3.8) is 0 Å². The first-order chi connectivity index (χ1) is 10.1. The molecule has 1 fully saturated rings. The molecule has 0 aromatic carbocycles. The molecule has 0 aliphatic carbocycles. The molecule has 1 aromatic rings. The SMILES string of the molecule is CCC(N)Cc1ccc(N2CCN(C(C)CC)CC2)nc1. The van der Waals surface area contributed by atoms with E-state index in [4.69, 9.17) is 5.73 Å². The van der Waals surface area contributed by atoms with E-state index >= 15 is 0 Å². The molecule has 1 aliphatic heterocycles. The van der Waals surface area contributed by atoms with Gasteiger partial charge in [0.25, 0.3) is 0 Å². The Labute approximate surface area is 129 Å². The van der Waals surface area contributed by atoms with Gasteiger partial charge in [-0.2, -0.15) is 0 Å². The maximum absolute atomic E-state index is 6.00. The van der Waals surface area contributed by atoms with Gasteiger partial charge in [0.05, 0.1) is 0 Å². The molecule has 0 radical (unpaired) electrons. The minimum atomic E-state index is 0.247. The first-order valence-corrected chi connectivity index (χ1v) is 8.33. The van der Waals surface area contributed by atoms with Gasteiger partial charge >= 0.3 is 0 Å².